The van der Waals surface area contributed by atoms with Gasteiger partial charge in [-0.15, -0.1) is 0 Å². The summed E-state index contributed by atoms with van der Waals surface area (Å²) in [4.78, 5) is 0. The van der Waals surface area contributed by atoms with Gasteiger partial charge in [-0.2, -0.15) is 8.42 Å². The molecule has 1 rings (SSSR count). The van der Waals surface area contributed by atoms with Crippen LogP contribution in [0.5, 0.6) is 0 Å². The predicted molar refractivity (Wildman–Crippen MR) is 48.9 cm³/mol. The van der Waals surface area contributed by atoms with Crippen molar-refractivity contribution in [2.24, 2.45) is 5.16 Å². The zero-order valence-corrected chi connectivity index (χ0v) is 7.78. The number of rotatable bonds is 3. The summed E-state index contributed by atoms with van der Waals surface area (Å²) in [5, 5.41) is 3.17. The van der Waals surface area contributed by atoms with Crippen molar-refractivity contribution in [3.8, 4) is 0 Å². The lowest BCUT2D eigenvalue weighted by atomic mass is 10.2. The average molecular weight is 198 g/mol. The minimum Gasteiger partial charge on any atom is -0.268 e. The summed E-state index contributed by atoms with van der Waals surface area (Å²) in [6.45, 7) is 0. The van der Waals surface area contributed by atoms with Gasteiger partial charge in [-0.05, 0) is 0 Å². The van der Waals surface area contributed by atoms with E-state index in [1.165, 1.54) is 0 Å². The highest BCUT2D eigenvalue weighted by Crippen LogP contribution is 1.95. The summed E-state index contributed by atoms with van der Waals surface area (Å²) in [6.07, 6.45) is 3.34. The van der Waals surface area contributed by atoms with E-state index in [1.54, 1.807) is 24.3 Å². The van der Waals surface area contributed by atoms with Crippen molar-refractivity contribution in [2.45, 2.75) is 0 Å². The van der Waals surface area contributed by atoms with E-state index >= 15 is 0 Å². The van der Waals surface area contributed by atoms with Gasteiger partial charge >= 0.3 is 10.1 Å². The van der Waals surface area contributed by atoms with E-state index in [1.807, 2.05) is 6.07 Å². The lowest BCUT2D eigenvalue weighted by molar-refractivity contribution is 0.345. The van der Waals surface area contributed by atoms with Gasteiger partial charge in [0.15, 0.2) is 0 Å². The Balaban J connectivity index is 2.61. The molecule has 0 bridgehead atoms. The van der Waals surface area contributed by atoms with Crippen LogP contribution in [0.15, 0.2) is 35.5 Å². The molecule has 0 aromatic heterocycles. The van der Waals surface area contributed by atoms with Gasteiger partial charge in [0.2, 0.25) is 0 Å². The molecule has 1 radical (unpaired) electrons. The van der Waals surface area contributed by atoms with E-state index in [0.29, 0.717) is 5.56 Å². The first-order valence-electron chi connectivity index (χ1n) is 3.48. The van der Waals surface area contributed by atoms with Crippen LogP contribution in [-0.4, -0.2) is 20.9 Å². The van der Waals surface area contributed by atoms with E-state index in [4.69, 9.17) is 0 Å². The Morgan fingerprint density at radius 1 is 1.31 bits per heavy atom. The van der Waals surface area contributed by atoms with Crippen LogP contribution in [0.4, 0.5) is 0 Å². The van der Waals surface area contributed by atoms with Crippen molar-refractivity contribution in [1.29, 1.82) is 0 Å². The van der Waals surface area contributed by atoms with E-state index in [2.05, 4.69) is 15.7 Å². The summed E-state index contributed by atoms with van der Waals surface area (Å²) >= 11 is 0. The maximum atomic E-state index is 10.5. The fourth-order valence-electron chi connectivity index (χ4n) is 0.652. The highest BCUT2D eigenvalue weighted by atomic mass is 32.2. The van der Waals surface area contributed by atoms with Crippen LogP contribution in [-0.2, 0) is 14.4 Å². The lowest BCUT2D eigenvalue weighted by Crippen LogP contribution is -1.96. The third-order valence-corrected chi connectivity index (χ3v) is 1.47. The molecule has 0 unspecified atom stereocenters. The molecule has 0 heterocycles. The summed E-state index contributed by atoms with van der Waals surface area (Å²) < 4.78 is 25.1. The second kappa shape index (κ2) is 4.04. The normalized spacial score (nSPS) is 11.8. The molecule has 5 heteroatoms. The fraction of sp³-hybridized carbons (Fsp3) is 0.125. The third kappa shape index (κ3) is 4.27. The average Bonchev–Trinajstić information content (AvgIpc) is 2.04. The molecule has 0 aliphatic rings. The Hall–Kier alpha value is -1.36. The van der Waals surface area contributed by atoms with Gasteiger partial charge in [-0.1, -0.05) is 35.5 Å². The first kappa shape index (κ1) is 9.73. The summed E-state index contributed by atoms with van der Waals surface area (Å²) in [7, 11) is -3.52. The standard InChI is InChI=1S/C8H8NO3S/c1-13(10,11)12-9-7-8-5-3-2-4-6-8/h2-6H,1H3. The van der Waals surface area contributed by atoms with E-state index < -0.39 is 10.1 Å². The monoisotopic (exact) mass is 198 g/mol. The molecule has 69 valence electrons. The van der Waals surface area contributed by atoms with Crippen LogP contribution in [0.2, 0.25) is 0 Å². The number of benzene rings is 1. The summed E-state index contributed by atoms with van der Waals surface area (Å²) in [5.74, 6) is 0. The van der Waals surface area contributed by atoms with Crippen molar-refractivity contribution < 1.29 is 12.7 Å². The Bertz CT molecular complexity index is 383. The molecule has 4 nitrogen and oxygen atoms in total. The molecule has 0 saturated heterocycles. The zero-order valence-electron chi connectivity index (χ0n) is 6.97. The van der Waals surface area contributed by atoms with Crippen LogP contribution < -0.4 is 0 Å². The highest BCUT2D eigenvalue weighted by Gasteiger charge is 1.97. The first-order chi connectivity index (χ1) is 6.08. The molecule has 1 aromatic carbocycles. The van der Waals surface area contributed by atoms with Gasteiger partial charge in [-0.25, -0.2) is 0 Å². The Labute approximate surface area is 77.0 Å². The van der Waals surface area contributed by atoms with Gasteiger partial charge in [-0.3, -0.25) is 4.28 Å². The zero-order chi connectivity index (χ0) is 9.73. The Morgan fingerprint density at radius 3 is 2.46 bits per heavy atom. The molecule has 13 heavy (non-hydrogen) atoms. The maximum absolute atomic E-state index is 10.5. The molecular formula is C8H8NO3S. The molecule has 0 aliphatic carbocycles. The van der Waals surface area contributed by atoms with Crippen molar-refractivity contribution in [2.75, 3.05) is 6.26 Å². The van der Waals surface area contributed by atoms with Gasteiger partial charge in [0.25, 0.3) is 0 Å². The van der Waals surface area contributed by atoms with Crippen LogP contribution >= 0.6 is 0 Å². The molecule has 1 aromatic rings. The lowest BCUT2D eigenvalue weighted by Gasteiger charge is -1.91. The summed E-state index contributed by atoms with van der Waals surface area (Å²) in [5.41, 5.74) is 0.658. The number of nitrogens with zero attached hydrogens (tertiary/aromatic N) is 1. The molecule has 0 aliphatic heterocycles. The molecule has 0 spiro atoms. The smallest absolute Gasteiger partial charge is 0.268 e. The molecule has 0 amide bonds. The molecular weight excluding hydrogens is 190 g/mol. The number of hydrogen-bond donors (Lipinski definition) is 0. The largest absolute Gasteiger partial charge is 0.325 e. The highest BCUT2D eigenvalue weighted by molar-refractivity contribution is 7.85. The van der Waals surface area contributed by atoms with Crippen molar-refractivity contribution in [1.82, 2.24) is 0 Å². The third-order valence-electron chi connectivity index (χ3n) is 1.12. The van der Waals surface area contributed by atoms with Crippen molar-refractivity contribution in [3.63, 3.8) is 0 Å². The van der Waals surface area contributed by atoms with E-state index in [-0.39, 0.29) is 0 Å². The Kier molecular flexibility index (Phi) is 3.02. The number of hydrogen-bond acceptors (Lipinski definition) is 4. The molecule has 0 N–H and O–H groups in total. The fourth-order valence-corrected chi connectivity index (χ4v) is 0.824. The second-order valence-corrected chi connectivity index (χ2v) is 3.91. The van der Waals surface area contributed by atoms with Crippen LogP contribution in [0.1, 0.15) is 5.56 Å². The minimum absolute atomic E-state index is 0.658. The predicted octanol–water partition coefficient (Wildman–Crippen LogP) is 0.874. The summed E-state index contributed by atoms with van der Waals surface area (Å²) in [6, 6.07) is 8.88. The Morgan fingerprint density at radius 2 is 1.92 bits per heavy atom. The van der Waals surface area contributed by atoms with Gasteiger partial charge in [0.05, 0.1) is 6.26 Å². The van der Waals surface area contributed by atoms with Gasteiger partial charge in [0, 0.05) is 5.56 Å². The minimum atomic E-state index is -3.52. The topological polar surface area (TPSA) is 55.7 Å². The van der Waals surface area contributed by atoms with E-state index in [9.17, 15) is 8.42 Å². The van der Waals surface area contributed by atoms with Crippen LogP contribution in [0.25, 0.3) is 0 Å². The van der Waals surface area contributed by atoms with Gasteiger partial charge in [0.1, 0.15) is 6.21 Å². The molecule has 0 fully saturated rings. The van der Waals surface area contributed by atoms with Crippen LogP contribution in [0.3, 0.4) is 0 Å². The van der Waals surface area contributed by atoms with E-state index in [0.717, 1.165) is 6.26 Å². The van der Waals surface area contributed by atoms with Crippen molar-refractivity contribution in [3.05, 3.63) is 35.9 Å². The van der Waals surface area contributed by atoms with Crippen LogP contribution in [0, 0.1) is 0 Å². The molecule has 0 saturated carbocycles. The SMILES string of the molecule is CS(=O)(=O)O/N=[C]/c1ccccc1. The second-order valence-electron chi connectivity index (χ2n) is 2.35. The van der Waals surface area contributed by atoms with Gasteiger partial charge < -0.3 is 0 Å². The quantitative estimate of drug-likeness (QED) is 0.535. The molecule has 0 atom stereocenters. The van der Waals surface area contributed by atoms with Crippen molar-refractivity contribution >= 4 is 16.3 Å². The maximum Gasteiger partial charge on any atom is 0.325 e. The first-order valence-corrected chi connectivity index (χ1v) is 5.29.